The van der Waals surface area contributed by atoms with E-state index in [9.17, 15) is 30.0 Å². The second kappa shape index (κ2) is 16.8. The fraction of sp³-hybridized carbons (Fsp3) is 0.911. The van der Waals surface area contributed by atoms with Crippen LogP contribution in [0.4, 0.5) is 0 Å². The first kappa shape index (κ1) is 43.9. The van der Waals surface area contributed by atoms with Gasteiger partial charge in [0.1, 0.15) is 18.8 Å². The summed E-state index contributed by atoms with van der Waals surface area (Å²) in [6.45, 7) is 13.9. The minimum absolute atomic E-state index is 0.0129. The molecule has 4 saturated carbocycles. The molecule has 20 atom stereocenters. The highest BCUT2D eigenvalue weighted by atomic mass is 16.7. The average molecular weight is 835 g/mol. The zero-order valence-electron chi connectivity index (χ0n) is 36.0. The number of carbonyl (C=O) groups is 2. The van der Waals surface area contributed by atoms with E-state index in [4.69, 9.17) is 37.9 Å². The third-order valence-electron chi connectivity index (χ3n) is 16.5. The van der Waals surface area contributed by atoms with Crippen molar-refractivity contribution in [2.24, 2.45) is 40.4 Å². The van der Waals surface area contributed by atoms with Crippen LogP contribution in [0.25, 0.3) is 0 Å². The molecule has 14 heteroatoms. The van der Waals surface area contributed by atoms with Crippen molar-refractivity contribution in [1.29, 1.82) is 0 Å². The molecule has 59 heavy (non-hydrogen) atoms. The number of aliphatic hydroxyl groups excluding tert-OH is 3. The van der Waals surface area contributed by atoms with Crippen LogP contribution < -0.4 is 0 Å². The van der Waals surface area contributed by atoms with Gasteiger partial charge in [0.05, 0.1) is 54.2 Å². The van der Waals surface area contributed by atoms with Crippen molar-refractivity contribution in [3.05, 3.63) is 11.6 Å². The van der Waals surface area contributed by atoms with E-state index in [1.807, 2.05) is 6.92 Å². The molecule has 0 aromatic carbocycles. The maximum Gasteiger partial charge on any atom is 0.331 e. The van der Waals surface area contributed by atoms with Crippen molar-refractivity contribution in [1.82, 2.24) is 0 Å². The van der Waals surface area contributed by atoms with E-state index in [0.29, 0.717) is 18.4 Å². The van der Waals surface area contributed by atoms with Crippen molar-refractivity contribution < 1.29 is 67.9 Å². The Labute approximate surface area is 348 Å². The molecule has 4 N–H and O–H groups in total. The Balaban J connectivity index is 0.805. The number of fused-ring (bicyclic) bond motifs is 5. The van der Waals surface area contributed by atoms with Gasteiger partial charge in [0.25, 0.3) is 0 Å². The standard InChI is InChI=1S/C45H70O14/c1-22(2)42(50)59-41-25(5)55-38(20-34(41)48)58-40-24(4)54-37(19-33(40)47)57-39-23(3)53-36(18-32(39)46)56-28-10-13-43(6)27(17-28)8-9-31-30(43)11-14-44(7)29(12-15-45(31,44)51)26-16-35(49)52-21-26/h16,22-25,27-34,36-41,46-48,51H,8-15,17-21H2,1-7H3/t23-,24-,25-,27-,28+,29-,30+,31-,32+,33+,34+,36+,37+,38+,39-,40-,41-,43+,44-,45+/m1/s1. The summed E-state index contributed by atoms with van der Waals surface area (Å²) in [5.74, 6) is 0.351. The monoisotopic (exact) mass is 834 g/mol. The number of rotatable bonds is 9. The van der Waals surface area contributed by atoms with Crippen molar-refractivity contribution in [3.8, 4) is 0 Å². The van der Waals surface area contributed by atoms with Crippen LogP contribution in [0.3, 0.4) is 0 Å². The van der Waals surface area contributed by atoms with Crippen LogP contribution in [0.15, 0.2) is 11.6 Å². The van der Waals surface area contributed by atoms with E-state index in [0.717, 1.165) is 63.4 Å². The van der Waals surface area contributed by atoms with Crippen molar-refractivity contribution >= 4 is 11.9 Å². The molecule has 4 aliphatic carbocycles. The Bertz CT molecular complexity index is 1540. The van der Waals surface area contributed by atoms with E-state index in [-0.39, 0.29) is 59.9 Å². The Kier molecular flexibility index (Phi) is 12.5. The number of cyclic esters (lactones) is 1. The van der Waals surface area contributed by atoms with E-state index in [1.54, 1.807) is 33.8 Å². The molecule has 0 unspecified atom stereocenters. The zero-order valence-corrected chi connectivity index (χ0v) is 36.0. The van der Waals surface area contributed by atoms with Crippen LogP contribution in [0.5, 0.6) is 0 Å². The van der Waals surface area contributed by atoms with Gasteiger partial charge >= 0.3 is 11.9 Å². The lowest BCUT2D eigenvalue weighted by atomic mass is 9.43. The summed E-state index contributed by atoms with van der Waals surface area (Å²) in [7, 11) is 0. The molecule has 0 radical (unpaired) electrons. The summed E-state index contributed by atoms with van der Waals surface area (Å²) >= 11 is 0. The molecule has 8 aliphatic rings. The summed E-state index contributed by atoms with van der Waals surface area (Å²) in [4.78, 5) is 24.1. The van der Waals surface area contributed by atoms with Gasteiger partial charge in [0.2, 0.25) is 0 Å². The van der Waals surface area contributed by atoms with E-state index < -0.39 is 85.4 Å². The highest BCUT2D eigenvalue weighted by molar-refractivity contribution is 5.85. The minimum Gasteiger partial charge on any atom is -0.458 e. The molecular weight excluding hydrogens is 764 g/mol. The van der Waals surface area contributed by atoms with Crippen LogP contribution in [0, 0.1) is 40.4 Å². The Morgan fingerprint density at radius 3 is 1.85 bits per heavy atom. The lowest BCUT2D eigenvalue weighted by Gasteiger charge is -2.64. The molecule has 0 amide bonds. The first-order chi connectivity index (χ1) is 27.9. The van der Waals surface area contributed by atoms with Gasteiger partial charge in [0.15, 0.2) is 25.0 Å². The van der Waals surface area contributed by atoms with E-state index >= 15 is 0 Å². The van der Waals surface area contributed by atoms with Gasteiger partial charge in [-0.2, -0.15) is 0 Å². The van der Waals surface area contributed by atoms with Crippen molar-refractivity contribution in [2.45, 2.75) is 211 Å². The van der Waals surface area contributed by atoms with Crippen LogP contribution in [-0.4, -0.2) is 124 Å². The number of hydrogen-bond donors (Lipinski definition) is 4. The first-order valence-electron chi connectivity index (χ1n) is 22.7. The summed E-state index contributed by atoms with van der Waals surface area (Å²) in [5.41, 5.74) is 0.188. The predicted molar refractivity (Wildman–Crippen MR) is 210 cm³/mol. The van der Waals surface area contributed by atoms with Crippen LogP contribution in [0.1, 0.15) is 126 Å². The molecule has 334 valence electrons. The average Bonchev–Trinajstić information content (AvgIpc) is 3.72. The summed E-state index contributed by atoms with van der Waals surface area (Å²) in [5, 5.41) is 45.8. The van der Waals surface area contributed by atoms with Gasteiger partial charge < -0.3 is 58.3 Å². The first-order valence-corrected chi connectivity index (χ1v) is 22.7. The number of hydrogen-bond acceptors (Lipinski definition) is 14. The van der Waals surface area contributed by atoms with Gasteiger partial charge in [-0.15, -0.1) is 0 Å². The van der Waals surface area contributed by atoms with Gasteiger partial charge in [-0.3, -0.25) is 4.79 Å². The topological polar surface area (TPSA) is 189 Å². The Morgan fingerprint density at radius 2 is 1.31 bits per heavy atom. The van der Waals surface area contributed by atoms with Crippen LogP contribution in [-0.2, 0) is 47.5 Å². The zero-order chi connectivity index (χ0) is 42.2. The fourth-order valence-corrected chi connectivity index (χ4v) is 13.2. The molecule has 7 fully saturated rings. The predicted octanol–water partition coefficient (Wildman–Crippen LogP) is 4.45. The number of esters is 2. The second-order valence-corrected chi connectivity index (χ2v) is 20.3. The SMILES string of the molecule is CC(C)C(=O)O[C@H]1[C@@H](O)C[C@H](O[C@H]2[C@@H](O)C[C@H](O[C@H]3[C@@H](O)C[C@H](O[C@H]4CC[C@@]5(C)[C@H](CC[C@@H]6[C@@H]5CC[C@]5(C)[C@@H](C7=CC(=O)OC7)CC[C@]65O)C4)O[C@@H]3C)O[C@@H]2C)O[C@@H]1C. The van der Waals surface area contributed by atoms with Gasteiger partial charge in [0, 0.05) is 30.8 Å². The van der Waals surface area contributed by atoms with Gasteiger partial charge in [-0.05, 0) is 113 Å². The smallest absolute Gasteiger partial charge is 0.331 e. The second-order valence-electron chi connectivity index (χ2n) is 20.3. The van der Waals surface area contributed by atoms with E-state index in [1.165, 1.54) is 0 Å². The van der Waals surface area contributed by atoms with Crippen molar-refractivity contribution in [2.75, 3.05) is 6.61 Å². The molecular formula is C45H70O14. The molecule has 0 bridgehead atoms. The number of aliphatic hydroxyl groups is 4. The number of ether oxygens (including phenoxy) is 8. The van der Waals surface area contributed by atoms with Gasteiger partial charge in [-0.1, -0.05) is 27.7 Å². The Morgan fingerprint density at radius 1 is 0.729 bits per heavy atom. The van der Waals surface area contributed by atoms with E-state index in [2.05, 4.69) is 13.8 Å². The molecule has 3 saturated heterocycles. The fourth-order valence-electron chi connectivity index (χ4n) is 13.2. The normalized spacial score (nSPS) is 51.3. The summed E-state index contributed by atoms with van der Waals surface area (Å²) in [6, 6.07) is 0. The van der Waals surface area contributed by atoms with Gasteiger partial charge in [-0.25, -0.2) is 4.79 Å². The van der Waals surface area contributed by atoms with Crippen LogP contribution >= 0.6 is 0 Å². The maximum absolute atomic E-state index is 12.6. The molecule has 14 nitrogen and oxygen atoms in total. The lowest BCUT2D eigenvalue weighted by molar-refractivity contribution is -0.336. The molecule has 0 aromatic rings. The quantitative estimate of drug-likeness (QED) is 0.188. The molecule has 0 aromatic heterocycles. The molecule has 4 aliphatic heterocycles. The maximum atomic E-state index is 12.6. The Hall–Kier alpha value is -1.72. The molecule has 8 rings (SSSR count). The summed E-state index contributed by atoms with van der Waals surface area (Å²) < 4.78 is 48.2. The third-order valence-corrected chi connectivity index (χ3v) is 16.5. The molecule has 0 spiro atoms. The van der Waals surface area contributed by atoms with Crippen LogP contribution in [0.2, 0.25) is 0 Å². The summed E-state index contributed by atoms with van der Waals surface area (Å²) in [6.07, 6.45) is 1.70. The largest absolute Gasteiger partial charge is 0.458 e. The van der Waals surface area contributed by atoms with Crippen molar-refractivity contribution in [3.63, 3.8) is 0 Å². The number of carbonyl (C=O) groups excluding carboxylic acids is 2. The highest BCUT2D eigenvalue weighted by Crippen LogP contribution is 2.70. The lowest BCUT2D eigenvalue weighted by Crippen LogP contribution is -2.62. The third kappa shape index (κ3) is 8.08. The molecule has 4 heterocycles. The minimum atomic E-state index is -0.990. The highest BCUT2D eigenvalue weighted by Gasteiger charge is 2.68.